The molecule has 0 aliphatic carbocycles. The highest BCUT2D eigenvalue weighted by atomic mass is 19.2. The summed E-state index contributed by atoms with van der Waals surface area (Å²) in [7, 11) is 0. The van der Waals surface area contributed by atoms with Crippen LogP contribution in [0.5, 0.6) is 0 Å². The van der Waals surface area contributed by atoms with Crippen LogP contribution in [0.1, 0.15) is 11.1 Å². The van der Waals surface area contributed by atoms with Gasteiger partial charge < -0.3 is 4.74 Å². The van der Waals surface area contributed by atoms with Gasteiger partial charge in [0.2, 0.25) is 0 Å². The van der Waals surface area contributed by atoms with Gasteiger partial charge in [-0.3, -0.25) is 5.32 Å². The molecule has 6 nitrogen and oxygen atoms in total. The van der Waals surface area contributed by atoms with E-state index >= 15 is 0 Å². The lowest BCUT2D eigenvalue weighted by molar-refractivity contribution is 0.155. The van der Waals surface area contributed by atoms with Crippen molar-refractivity contribution < 1.29 is 18.3 Å². The van der Waals surface area contributed by atoms with E-state index in [2.05, 4.69) is 10.4 Å². The zero-order valence-corrected chi connectivity index (χ0v) is 13.3. The van der Waals surface area contributed by atoms with Gasteiger partial charge >= 0.3 is 6.09 Å². The zero-order chi connectivity index (χ0) is 18.5. The molecule has 3 rings (SSSR count). The van der Waals surface area contributed by atoms with Gasteiger partial charge in [-0.25, -0.2) is 18.3 Å². The van der Waals surface area contributed by atoms with Crippen LogP contribution in [-0.2, 0) is 11.3 Å². The molecule has 2 aromatic carbocycles. The number of amides is 1. The Bertz CT molecular complexity index is 981. The maximum atomic E-state index is 13.5. The number of carbonyl (C=O) groups excluding carboxylic acids is 1. The lowest BCUT2D eigenvalue weighted by Crippen LogP contribution is -2.17. The Balaban J connectivity index is 1.80. The Morgan fingerprint density at radius 1 is 1.19 bits per heavy atom. The third-order valence-corrected chi connectivity index (χ3v) is 3.47. The Morgan fingerprint density at radius 3 is 2.65 bits per heavy atom. The lowest BCUT2D eigenvalue weighted by atomic mass is 10.2. The van der Waals surface area contributed by atoms with Crippen molar-refractivity contribution in [2.75, 3.05) is 5.32 Å². The average molecular weight is 354 g/mol. The smallest absolute Gasteiger partial charge is 0.413 e. The predicted molar refractivity (Wildman–Crippen MR) is 88.4 cm³/mol. The summed E-state index contributed by atoms with van der Waals surface area (Å²) in [4.78, 5) is 12.0. The minimum absolute atomic E-state index is 0.00318. The summed E-state index contributed by atoms with van der Waals surface area (Å²) in [5, 5.41) is 15.5. The van der Waals surface area contributed by atoms with Gasteiger partial charge in [0.15, 0.2) is 17.5 Å². The number of carbonyl (C=O) groups is 1. The van der Waals surface area contributed by atoms with Crippen molar-refractivity contribution in [2.24, 2.45) is 0 Å². The van der Waals surface area contributed by atoms with Crippen molar-refractivity contribution >= 4 is 11.9 Å². The van der Waals surface area contributed by atoms with Crippen molar-refractivity contribution in [3.63, 3.8) is 0 Å². The van der Waals surface area contributed by atoms with Gasteiger partial charge in [0, 0.05) is 6.07 Å². The first kappa shape index (κ1) is 17.1. The van der Waals surface area contributed by atoms with E-state index < -0.39 is 17.7 Å². The third kappa shape index (κ3) is 3.67. The molecule has 3 aromatic rings. The number of aromatic nitrogens is 2. The molecular weight excluding hydrogens is 342 g/mol. The van der Waals surface area contributed by atoms with E-state index in [1.165, 1.54) is 12.3 Å². The van der Waals surface area contributed by atoms with E-state index in [1.54, 1.807) is 12.1 Å². The number of benzene rings is 2. The molecule has 0 unspecified atom stereocenters. The highest BCUT2D eigenvalue weighted by Gasteiger charge is 2.17. The van der Waals surface area contributed by atoms with Crippen LogP contribution in [-0.4, -0.2) is 15.9 Å². The summed E-state index contributed by atoms with van der Waals surface area (Å²) in [5.41, 5.74) is 0.979. The molecular formula is C18H12F2N4O2. The van der Waals surface area contributed by atoms with Gasteiger partial charge in [-0.2, -0.15) is 10.4 Å². The van der Waals surface area contributed by atoms with Crippen LogP contribution in [0.3, 0.4) is 0 Å². The largest absolute Gasteiger partial charge is 0.444 e. The molecule has 0 bridgehead atoms. The topological polar surface area (TPSA) is 79.9 Å². The highest BCUT2D eigenvalue weighted by Crippen LogP contribution is 2.21. The summed E-state index contributed by atoms with van der Waals surface area (Å²) in [6.07, 6.45) is 0.392. The Morgan fingerprint density at radius 2 is 1.96 bits per heavy atom. The van der Waals surface area contributed by atoms with Crippen LogP contribution in [0, 0.1) is 23.0 Å². The van der Waals surface area contributed by atoms with E-state index in [-0.39, 0.29) is 23.7 Å². The minimum Gasteiger partial charge on any atom is -0.444 e. The van der Waals surface area contributed by atoms with E-state index in [1.807, 2.05) is 24.3 Å². The Labute approximate surface area is 147 Å². The molecule has 1 N–H and O–H groups in total. The maximum Gasteiger partial charge on any atom is 0.413 e. The van der Waals surface area contributed by atoms with E-state index in [0.717, 1.165) is 22.4 Å². The van der Waals surface area contributed by atoms with Crippen LogP contribution in [0.4, 0.5) is 19.4 Å². The highest BCUT2D eigenvalue weighted by molar-refractivity contribution is 5.85. The zero-order valence-electron chi connectivity index (χ0n) is 13.3. The maximum absolute atomic E-state index is 13.5. The van der Waals surface area contributed by atoms with Crippen LogP contribution >= 0.6 is 0 Å². The standard InChI is InChI=1S/C18H12F2N4O2/c19-15-7-6-14(8-16(15)20)24-17(13(9-21)10-22-24)23-18(25)26-11-12-4-2-1-3-5-12/h1-8,10H,11H2,(H,23,25). The van der Waals surface area contributed by atoms with E-state index in [4.69, 9.17) is 10.00 Å². The second-order valence-electron chi connectivity index (χ2n) is 5.22. The number of hydrogen-bond acceptors (Lipinski definition) is 4. The number of ether oxygens (including phenoxy) is 1. The molecule has 0 saturated heterocycles. The molecule has 0 aliphatic rings. The van der Waals surface area contributed by atoms with Crippen molar-refractivity contribution in [2.45, 2.75) is 6.61 Å². The summed E-state index contributed by atoms with van der Waals surface area (Å²) in [6, 6.07) is 14.0. The molecule has 1 aromatic heterocycles. The fraction of sp³-hybridized carbons (Fsp3) is 0.0556. The normalized spacial score (nSPS) is 10.2. The summed E-state index contributed by atoms with van der Waals surface area (Å²) < 4.78 is 32.8. The summed E-state index contributed by atoms with van der Waals surface area (Å²) >= 11 is 0. The number of halogens is 2. The van der Waals surface area contributed by atoms with Crippen molar-refractivity contribution in [3.8, 4) is 11.8 Å². The van der Waals surface area contributed by atoms with Crippen molar-refractivity contribution in [1.82, 2.24) is 9.78 Å². The first-order valence-corrected chi connectivity index (χ1v) is 7.49. The fourth-order valence-corrected chi connectivity index (χ4v) is 2.22. The molecule has 0 saturated carbocycles. The molecule has 8 heteroatoms. The molecule has 130 valence electrons. The summed E-state index contributed by atoms with van der Waals surface area (Å²) in [5.74, 6) is -2.09. The second kappa shape index (κ2) is 7.44. The number of nitriles is 1. The van der Waals surface area contributed by atoms with Crippen molar-refractivity contribution in [1.29, 1.82) is 5.26 Å². The van der Waals surface area contributed by atoms with Gasteiger partial charge in [0.05, 0.1) is 11.9 Å². The molecule has 1 amide bonds. The van der Waals surface area contributed by atoms with Crippen LogP contribution in [0.25, 0.3) is 5.69 Å². The molecule has 0 spiro atoms. The molecule has 0 radical (unpaired) electrons. The van der Waals surface area contributed by atoms with Crippen molar-refractivity contribution in [3.05, 3.63) is 77.5 Å². The predicted octanol–water partition coefficient (Wildman–Crippen LogP) is 3.77. The average Bonchev–Trinajstić information content (AvgIpc) is 3.05. The quantitative estimate of drug-likeness (QED) is 0.773. The van der Waals surface area contributed by atoms with Gasteiger partial charge in [0.25, 0.3) is 0 Å². The number of hydrogen-bond donors (Lipinski definition) is 1. The first-order valence-electron chi connectivity index (χ1n) is 7.49. The monoisotopic (exact) mass is 354 g/mol. The molecule has 26 heavy (non-hydrogen) atoms. The van der Waals surface area contributed by atoms with Crippen LogP contribution in [0.2, 0.25) is 0 Å². The van der Waals surface area contributed by atoms with Gasteiger partial charge in [-0.15, -0.1) is 0 Å². The number of nitrogens with one attached hydrogen (secondary N) is 1. The SMILES string of the molecule is N#Cc1cnn(-c2ccc(F)c(F)c2)c1NC(=O)OCc1ccccc1. The molecule has 0 fully saturated rings. The number of anilines is 1. The molecule has 0 atom stereocenters. The number of rotatable bonds is 4. The summed E-state index contributed by atoms with van der Waals surface area (Å²) in [6.45, 7) is 0.0356. The first-order chi connectivity index (χ1) is 12.6. The number of nitrogens with zero attached hydrogens (tertiary/aromatic N) is 3. The lowest BCUT2D eigenvalue weighted by Gasteiger charge is -2.10. The second-order valence-corrected chi connectivity index (χ2v) is 5.22. The Kier molecular flexibility index (Phi) is 4.90. The minimum atomic E-state index is -1.07. The Hall–Kier alpha value is -3.73. The fourth-order valence-electron chi connectivity index (χ4n) is 2.22. The molecule has 1 heterocycles. The third-order valence-electron chi connectivity index (χ3n) is 3.47. The van der Waals surface area contributed by atoms with E-state index in [9.17, 15) is 13.6 Å². The van der Waals surface area contributed by atoms with Gasteiger partial charge in [-0.1, -0.05) is 30.3 Å². The van der Waals surface area contributed by atoms with Crippen LogP contribution < -0.4 is 5.32 Å². The van der Waals surface area contributed by atoms with E-state index in [0.29, 0.717) is 0 Å². The molecule has 0 aliphatic heterocycles. The van der Waals surface area contributed by atoms with Gasteiger partial charge in [-0.05, 0) is 17.7 Å². The van der Waals surface area contributed by atoms with Gasteiger partial charge in [0.1, 0.15) is 18.2 Å². The van der Waals surface area contributed by atoms with Crippen LogP contribution in [0.15, 0.2) is 54.7 Å².